The van der Waals surface area contributed by atoms with Crippen LogP contribution in [0.1, 0.15) is 5.82 Å². The van der Waals surface area contributed by atoms with E-state index in [2.05, 4.69) is 28.3 Å². The molecule has 1 heterocycles. The van der Waals surface area contributed by atoms with Gasteiger partial charge in [0.1, 0.15) is 5.82 Å². The number of hydrogen-bond donors (Lipinski definition) is 3. The lowest BCUT2D eigenvalue weighted by Crippen LogP contribution is -1.86. The van der Waals surface area contributed by atoms with Crippen molar-refractivity contribution in [3.8, 4) is 0 Å². The van der Waals surface area contributed by atoms with E-state index in [-0.39, 0.29) is 0 Å². The summed E-state index contributed by atoms with van der Waals surface area (Å²) in [5.41, 5.74) is 4.50. The molecule has 0 aliphatic heterocycles. The number of aromatic nitrogens is 2. The van der Waals surface area contributed by atoms with Crippen molar-refractivity contribution in [1.29, 1.82) is 0 Å². The first-order chi connectivity index (χ1) is 4.93. The molecule has 0 aromatic carbocycles. The van der Waals surface area contributed by atoms with Crippen LogP contribution in [0.5, 0.6) is 0 Å². The summed E-state index contributed by atoms with van der Waals surface area (Å²) in [4.78, 5) is 6.98. The topological polar surface area (TPSA) is 54.7 Å². The second kappa shape index (κ2) is 6.64. The molecule has 0 bridgehead atoms. The van der Waals surface area contributed by atoms with Crippen LogP contribution < -0.4 is 5.73 Å². The fraction of sp³-hybridized carbons (Fsp3) is 0.500. The molecule has 3 N–H and O–H groups in total. The average molecular weight is 159 g/mol. The van der Waals surface area contributed by atoms with E-state index >= 15 is 0 Å². The van der Waals surface area contributed by atoms with E-state index in [1.54, 1.807) is 6.20 Å². The summed E-state index contributed by atoms with van der Waals surface area (Å²) in [6.07, 6.45) is 4.49. The van der Waals surface area contributed by atoms with Crippen molar-refractivity contribution in [2.75, 3.05) is 12.8 Å². The Kier molecular flexibility index (Phi) is 6.32. The van der Waals surface area contributed by atoms with Gasteiger partial charge in [-0.25, -0.2) is 4.98 Å². The molecule has 0 aliphatic rings. The zero-order valence-corrected chi connectivity index (χ0v) is 6.94. The van der Waals surface area contributed by atoms with Crippen LogP contribution in [0.15, 0.2) is 12.4 Å². The number of nitrogens with one attached hydrogen (secondary N) is 1. The van der Waals surface area contributed by atoms with Gasteiger partial charge in [0.25, 0.3) is 0 Å². The van der Waals surface area contributed by atoms with Crippen molar-refractivity contribution >= 4 is 12.6 Å². The van der Waals surface area contributed by atoms with Crippen molar-refractivity contribution in [2.45, 2.75) is 6.42 Å². The minimum absolute atomic E-state index is 0.855. The molecule has 0 aliphatic carbocycles. The van der Waals surface area contributed by atoms with Gasteiger partial charge < -0.3 is 10.7 Å². The quantitative estimate of drug-likeness (QED) is 0.549. The summed E-state index contributed by atoms with van der Waals surface area (Å²) in [5.74, 6) is 1.87. The summed E-state index contributed by atoms with van der Waals surface area (Å²) in [5, 5.41) is 0. The minimum Gasteiger partial charge on any atom is -0.349 e. The Morgan fingerprint density at radius 3 is 2.80 bits per heavy atom. The lowest BCUT2D eigenvalue weighted by Gasteiger charge is -1.85. The van der Waals surface area contributed by atoms with Crippen LogP contribution in [0.25, 0.3) is 0 Å². The molecule has 0 radical (unpaired) electrons. The highest BCUT2D eigenvalue weighted by molar-refractivity contribution is 7.80. The molecule has 0 amide bonds. The predicted octanol–water partition coefficient (Wildman–Crippen LogP) is 0.457. The summed E-state index contributed by atoms with van der Waals surface area (Å²) in [6, 6.07) is 0. The number of imidazole rings is 1. The third-order valence-electron chi connectivity index (χ3n) is 0.903. The number of thiol groups is 1. The third kappa shape index (κ3) is 3.53. The smallest absolute Gasteiger partial charge is 0.106 e. The van der Waals surface area contributed by atoms with Gasteiger partial charge in [-0.3, -0.25) is 0 Å². The fourth-order valence-electron chi connectivity index (χ4n) is 0.541. The van der Waals surface area contributed by atoms with Gasteiger partial charge in [0, 0.05) is 18.8 Å². The number of hydrogen-bond acceptors (Lipinski definition) is 3. The van der Waals surface area contributed by atoms with Gasteiger partial charge in [-0.15, -0.1) is 0 Å². The van der Waals surface area contributed by atoms with Crippen molar-refractivity contribution in [3.63, 3.8) is 0 Å². The van der Waals surface area contributed by atoms with Crippen molar-refractivity contribution in [3.05, 3.63) is 18.2 Å². The molecule has 1 aromatic rings. The van der Waals surface area contributed by atoms with E-state index in [0.29, 0.717) is 0 Å². The van der Waals surface area contributed by atoms with E-state index in [4.69, 9.17) is 0 Å². The summed E-state index contributed by atoms with van der Waals surface area (Å²) >= 11 is 4.05. The van der Waals surface area contributed by atoms with Crippen LogP contribution in [0.3, 0.4) is 0 Å². The maximum atomic E-state index is 4.50. The number of H-pyrrole nitrogens is 1. The third-order valence-corrected chi connectivity index (χ3v) is 1.13. The van der Waals surface area contributed by atoms with Gasteiger partial charge in [0.05, 0.1) is 0 Å². The Bertz CT molecular complexity index is 139. The number of nitrogens with two attached hydrogens (primary N) is 1. The number of aromatic amines is 1. The molecule has 4 heteroatoms. The van der Waals surface area contributed by atoms with Gasteiger partial charge in [-0.05, 0) is 12.8 Å². The van der Waals surface area contributed by atoms with Crippen molar-refractivity contribution in [2.24, 2.45) is 5.73 Å². The number of aryl methyl sites for hydroxylation is 1. The molecule has 3 nitrogen and oxygen atoms in total. The Morgan fingerprint density at radius 2 is 2.40 bits per heavy atom. The van der Waals surface area contributed by atoms with Crippen LogP contribution >= 0.6 is 12.6 Å². The van der Waals surface area contributed by atoms with E-state index in [9.17, 15) is 0 Å². The maximum Gasteiger partial charge on any atom is 0.106 e. The Morgan fingerprint density at radius 1 is 1.70 bits per heavy atom. The molecule has 1 rings (SSSR count). The van der Waals surface area contributed by atoms with E-state index in [1.165, 1.54) is 7.05 Å². The Balaban J connectivity index is 0.000000371. The first-order valence-electron chi connectivity index (χ1n) is 3.10. The lowest BCUT2D eigenvalue weighted by molar-refractivity contribution is 1.00. The molecule has 0 fully saturated rings. The number of rotatable bonds is 2. The maximum absolute atomic E-state index is 4.50. The van der Waals surface area contributed by atoms with Gasteiger partial charge in [0.2, 0.25) is 0 Å². The highest BCUT2D eigenvalue weighted by Gasteiger charge is 1.87. The molecule has 10 heavy (non-hydrogen) atoms. The molecule has 58 valence electrons. The predicted molar refractivity (Wildman–Crippen MR) is 46.3 cm³/mol. The van der Waals surface area contributed by atoms with Gasteiger partial charge in [-0.1, -0.05) is 0 Å². The summed E-state index contributed by atoms with van der Waals surface area (Å²) in [7, 11) is 1.50. The average Bonchev–Trinajstić information content (AvgIpc) is 2.46. The normalized spacial score (nSPS) is 8.30. The molecule has 0 atom stereocenters. The van der Waals surface area contributed by atoms with Crippen LogP contribution in [0.2, 0.25) is 0 Å². The second-order valence-corrected chi connectivity index (χ2v) is 1.96. The molecule has 0 unspecified atom stereocenters. The Labute approximate surface area is 66.5 Å². The Hall–Kier alpha value is -0.480. The second-order valence-electron chi connectivity index (χ2n) is 1.51. The van der Waals surface area contributed by atoms with Crippen LogP contribution in [0, 0.1) is 0 Å². The van der Waals surface area contributed by atoms with E-state index < -0.39 is 0 Å². The fourth-order valence-corrected chi connectivity index (χ4v) is 0.752. The molecule has 0 saturated carbocycles. The van der Waals surface area contributed by atoms with Crippen LogP contribution in [-0.2, 0) is 6.42 Å². The first kappa shape index (κ1) is 9.52. The van der Waals surface area contributed by atoms with E-state index in [0.717, 1.165) is 18.0 Å². The summed E-state index contributed by atoms with van der Waals surface area (Å²) in [6.45, 7) is 0. The molecule has 1 aromatic heterocycles. The number of nitrogens with zero attached hydrogens (tertiary/aromatic N) is 1. The largest absolute Gasteiger partial charge is 0.349 e. The highest BCUT2D eigenvalue weighted by atomic mass is 32.1. The van der Waals surface area contributed by atoms with Gasteiger partial charge >= 0.3 is 0 Å². The zero-order chi connectivity index (χ0) is 7.82. The SMILES string of the molecule is CN.SCCc1ncc[nH]1. The molecular formula is C6H13N3S. The zero-order valence-electron chi connectivity index (χ0n) is 6.04. The first-order valence-corrected chi connectivity index (χ1v) is 3.73. The van der Waals surface area contributed by atoms with Gasteiger partial charge in [-0.2, -0.15) is 12.6 Å². The summed E-state index contributed by atoms with van der Waals surface area (Å²) < 4.78 is 0. The van der Waals surface area contributed by atoms with Crippen LogP contribution in [0.4, 0.5) is 0 Å². The lowest BCUT2D eigenvalue weighted by atomic mass is 10.5. The monoisotopic (exact) mass is 159 g/mol. The van der Waals surface area contributed by atoms with E-state index in [1.807, 2.05) is 6.20 Å². The molecule has 0 spiro atoms. The minimum atomic E-state index is 0.855. The molecular weight excluding hydrogens is 146 g/mol. The standard InChI is InChI=1S/C5H8N2S.CH5N/c8-4-1-5-6-2-3-7-5;1-2/h2-3,8H,1,4H2,(H,6,7);2H2,1H3. The van der Waals surface area contributed by atoms with Crippen molar-refractivity contribution < 1.29 is 0 Å². The molecule has 0 saturated heterocycles. The van der Waals surface area contributed by atoms with Crippen LogP contribution in [-0.4, -0.2) is 22.8 Å². The highest BCUT2D eigenvalue weighted by Crippen LogP contribution is 1.89. The van der Waals surface area contributed by atoms with Gasteiger partial charge in [0.15, 0.2) is 0 Å². The van der Waals surface area contributed by atoms with Crippen molar-refractivity contribution in [1.82, 2.24) is 9.97 Å².